The van der Waals surface area contributed by atoms with Crippen molar-refractivity contribution in [3.05, 3.63) is 28.2 Å². The van der Waals surface area contributed by atoms with Gasteiger partial charge in [0.1, 0.15) is 5.75 Å². The van der Waals surface area contributed by atoms with Gasteiger partial charge >= 0.3 is 0 Å². The minimum absolute atomic E-state index is 0.253. The van der Waals surface area contributed by atoms with Crippen LogP contribution in [-0.2, 0) is 0 Å². The average Bonchev–Trinajstić information content (AvgIpc) is 2.37. The zero-order valence-electron chi connectivity index (χ0n) is 11.8. The Kier molecular flexibility index (Phi) is 6.72. The first-order valence-corrected chi connectivity index (χ1v) is 7.57. The van der Waals surface area contributed by atoms with Crippen LogP contribution in [0.2, 0.25) is 0 Å². The van der Waals surface area contributed by atoms with E-state index in [-0.39, 0.29) is 6.10 Å². The van der Waals surface area contributed by atoms with Gasteiger partial charge in [-0.25, -0.2) is 0 Å². The van der Waals surface area contributed by atoms with E-state index in [0.717, 1.165) is 29.6 Å². The molecule has 0 saturated carbocycles. The number of benzene rings is 1. The van der Waals surface area contributed by atoms with E-state index in [0.29, 0.717) is 6.04 Å². The molecule has 1 N–H and O–H groups in total. The van der Waals surface area contributed by atoms with Crippen LogP contribution < -0.4 is 10.1 Å². The van der Waals surface area contributed by atoms with Gasteiger partial charge in [0.25, 0.3) is 0 Å². The number of ether oxygens (including phenoxy) is 1. The molecule has 1 aromatic carbocycles. The van der Waals surface area contributed by atoms with Crippen LogP contribution in [0.3, 0.4) is 0 Å². The van der Waals surface area contributed by atoms with E-state index < -0.39 is 0 Å². The lowest BCUT2D eigenvalue weighted by Gasteiger charge is -2.21. The molecule has 3 heteroatoms. The fourth-order valence-corrected chi connectivity index (χ4v) is 2.11. The van der Waals surface area contributed by atoms with Crippen LogP contribution in [0.25, 0.3) is 0 Å². The molecule has 0 amide bonds. The van der Waals surface area contributed by atoms with E-state index >= 15 is 0 Å². The third-order valence-electron chi connectivity index (χ3n) is 3.04. The summed E-state index contributed by atoms with van der Waals surface area (Å²) in [6, 6.07) is 6.54. The lowest BCUT2D eigenvalue weighted by atomic mass is 10.1. The molecule has 0 bridgehead atoms. The van der Waals surface area contributed by atoms with E-state index in [2.05, 4.69) is 61.1 Å². The smallest absolute Gasteiger partial charge is 0.124 e. The number of hydrogen-bond acceptors (Lipinski definition) is 2. The van der Waals surface area contributed by atoms with E-state index in [1.807, 2.05) is 6.07 Å². The molecule has 102 valence electrons. The molecule has 2 atom stereocenters. The van der Waals surface area contributed by atoms with Crippen molar-refractivity contribution in [3.63, 3.8) is 0 Å². The largest absolute Gasteiger partial charge is 0.490 e. The predicted molar refractivity (Wildman–Crippen MR) is 81.2 cm³/mol. The molecular formula is C15H24BrNO. The van der Waals surface area contributed by atoms with Gasteiger partial charge in [-0.2, -0.15) is 0 Å². The van der Waals surface area contributed by atoms with Crippen molar-refractivity contribution in [2.24, 2.45) is 0 Å². The summed E-state index contributed by atoms with van der Waals surface area (Å²) in [4.78, 5) is 0. The first-order chi connectivity index (χ1) is 8.58. The first kappa shape index (κ1) is 15.5. The molecule has 0 saturated heterocycles. The molecule has 0 aromatic heterocycles. The van der Waals surface area contributed by atoms with Crippen LogP contribution in [0.5, 0.6) is 5.75 Å². The van der Waals surface area contributed by atoms with Crippen LogP contribution in [0.4, 0.5) is 0 Å². The number of rotatable bonds is 7. The summed E-state index contributed by atoms with van der Waals surface area (Å²) in [7, 11) is 0. The van der Waals surface area contributed by atoms with Crippen LogP contribution in [-0.4, -0.2) is 12.6 Å². The van der Waals surface area contributed by atoms with Crippen molar-refractivity contribution >= 4 is 15.9 Å². The Morgan fingerprint density at radius 2 is 2.00 bits per heavy atom. The van der Waals surface area contributed by atoms with Gasteiger partial charge in [-0.05, 0) is 51.4 Å². The third-order valence-corrected chi connectivity index (χ3v) is 3.54. The van der Waals surface area contributed by atoms with Gasteiger partial charge in [0, 0.05) is 16.1 Å². The summed E-state index contributed by atoms with van der Waals surface area (Å²) in [6.45, 7) is 9.63. The first-order valence-electron chi connectivity index (χ1n) is 6.77. The second-order valence-corrected chi connectivity index (χ2v) is 5.61. The highest BCUT2D eigenvalue weighted by molar-refractivity contribution is 9.10. The van der Waals surface area contributed by atoms with Gasteiger partial charge in [0.05, 0.1) is 6.10 Å². The summed E-state index contributed by atoms with van der Waals surface area (Å²) >= 11 is 3.53. The molecule has 1 rings (SSSR count). The molecule has 2 unspecified atom stereocenters. The minimum Gasteiger partial charge on any atom is -0.490 e. The van der Waals surface area contributed by atoms with Gasteiger partial charge in [0.2, 0.25) is 0 Å². The Morgan fingerprint density at radius 1 is 1.28 bits per heavy atom. The van der Waals surface area contributed by atoms with Gasteiger partial charge in [-0.15, -0.1) is 0 Å². The number of hydrogen-bond donors (Lipinski definition) is 1. The molecule has 0 heterocycles. The Morgan fingerprint density at radius 3 is 2.61 bits per heavy atom. The molecule has 0 spiro atoms. The maximum absolute atomic E-state index is 5.99. The molecule has 0 fully saturated rings. The van der Waals surface area contributed by atoms with Gasteiger partial charge < -0.3 is 10.1 Å². The molecule has 0 aliphatic carbocycles. The van der Waals surface area contributed by atoms with E-state index in [1.54, 1.807) is 0 Å². The summed E-state index contributed by atoms with van der Waals surface area (Å²) in [5.41, 5.74) is 1.22. The topological polar surface area (TPSA) is 21.3 Å². The zero-order chi connectivity index (χ0) is 13.5. The Balaban J connectivity index is 2.88. The van der Waals surface area contributed by atoms with E-state index in [9.17, 15) is 0 Å². The molecule has 0 aliphatic heterocycles. The normalized spacial score (nSPS) is 14.3. The van der Waals surface area contributed by atoms with Crippen molar-refractivity contribution in [2.45, 2.75) is 52.7 Å². The Labute approximate surface area is 119 Å². The van der Waals surface area contributed by atoms with Crippen LogP contribution in [0, 0.1) is 0 Å². The van der Waals surface area contributed by atoms with Crippen molar-refractivity contribution in [1.29, 1.82) is 0 Å². The molecule has 18 heavy (non-hydrogen) atoms. The Bertz CT molecular complexity index is 368. The van der Waals surface area contributed by atoms with Crippen molar-refractivity contribution in [2.75, 3.05) is 6.54 Å². The lowest BCUT2D eigenvalue weighted by Crippen LogP contribution is -2.21. The third kappa shape index (κ3) is 4.62. The quantitative estimate of drug-likeness (QED) is 0.788. The fourth-order valence-electron chi connectivity index (χ4n) is 1.74. The average molecular weight is 314 g/mol. The minimum atomic E-state index is 0.253. The van der Waals surface area contributed by atoms with Crippen molar-refractivity contribution in [1.82, 2.24) is 5.32 Å². The van der Waals surface area contributed by atoms with E-state index in [1.165, 1.54) is 5.56 Å². The standard InChI is InChI=1S/C15H24BrNO/c1-5-9-17-12(4)14-10-13(16)7-8-15(14)18-11(3)6-2/h7-8,10-12,17H,5-6,9H2,1-4H3. The summed E-state index contributed by atoms with van der Waals surface area (Å²) in [6.07, 6.45) is 2.41. The fraction of sp³-hybridized carbons (Fsp3) is 0.600. The maximum atomic E-state index is 5.99. The van der Waals surface area contributed by atoms with Gasteiger partial charge in [-0.1, -0.05) is 29.8 Å². The summed E-state index contributed by atoms with van der Waals surface area (Å²) in [5.74, 6) is 0.989. The zero-order valence-corrected chi connectivity index (χ0v) is 13.4. The molecule has 1 aromatic rings. The number of halogens is 1. The molecule has 2 nitrogen and oxygen atoms in total. The second-order valence-electron chi connectivity index (χ2n) is 4.69. The second kappa shape index (κ2) is 7.80. The lowest BCUT2D eigenvalue weighted by molar-refractivity contribution is 0.213. The van der Waals surface area contributed by atoms with Gasteiger partial charge in [-0.3, -0.25) is 0 Å². The van der Waals surface area contributed by atoms with Crippen LogP contribution in [0.15, 0.2) is 22.7 Å². The van der Waals surface area contributed by atoms with Gasteiger partial charge in [0.15, 0.2) is 0 Å². The van der Waals surface area contributed by atoms with E-state index in [4.69, 9.17) is 4.74 Å². The number of nitrogens with one attached hydrogen (secondary N) is 1. The highest BCUT2D eigenvalue weighted by Gasteiger charge is 2.13. The van der Waals surface area contributed by atoms with Crippen molar-refractivity contribution < 1.29 is 4.74 Å². The molecular weight excluding hydrogens is 290 g/mol. The highest BCUT2D eigenvalue weighted by Crippen LogP contribution is 2.29. The van der Waals surface area contributed by atoms with Crippen molar-refractivity contribution in [3.8, 4) is 5.75 Å². The predicted octanol–water partition coefficient (Wildman–Crippen LogP) is 4.69. The maximum Gasteiger partial charge on any atom is 0.124 e. The molecule has 0 radical (unpaired) electrons. The Hall–Kier alpha value is -0.540. The van der Waals surface area contributed by atoms with Crippen LogP contribution >= 0.6 is 15.9 Å². The highest BCUT2D eigenvalue weighted by atomic mass is 79.9. The SMILES string of the molecule is CCCNC(C)c1cc(Br)ccc1OC(C)CC. The van der Waals surface area contributed by atoms with Crippen LogP contribution in [0.1, 0.15) is 52.1 Å². The summed E-state index contributed by atoms with van der Waals surface area (Å²) < 4.78 is 7.09. The monoisotopic (exact) mass is 313 g/mol. The molecule has 0 aliphatic rings. The summed E-state index contributed by atoms with van der Waals surface area (Å²) in [5, 5.41) is 3.51.